The van der Waals surface area contributed by atoms with E-state index in [9.17, 15) is 4.79 Å². The molecule has 0 radical (unpaired) electrons. The summed E-state index contributed by atoms with van der Waals surface area (Å²) in [7, 11) is 0. The van der Waals surface area contributed by atoms with E-state index in [0.29, 0.717) is 0 Å². The van der Waals surface area contributed by atoms with Crippen molar-refractivity contribution in [3.8, 4) is 0 Å². The minimum Gasteiger partial charge on any atom is -0.325 e. The molecule has 0 bridgehead atoms. The maximum atomic E-state index is 12.0. The van der Waals surface area contributed by atoms with E-state index in [-0.39, 0.29) is 12.3 Å². The van der Waals surface area contributed by atoms with Crippen LogP contribution in [0.15, 0.2) is 41.0 Å². The summed E-state index contributed by atoms with van der Waals surface area (Å²) in [6.07, 6.45) is 1.97. The van der Waals surface area contributed by atoms with Crippen LogP contribution in [0.4, 0.5) is 5.69 Å². The van der Waals surface area contributed by atoms with E-state index < -0.39 is 0 Å². The third-order valence-electron chi connectivity index (χ3n) is 2.76. The quantitative estimate of drug-likeness (QED) is 0.938. The molecule has 1 amide bonds. The van der Waals surface area contributed by atoms with Crippen LogP contribution in [0, 0.1) is 13.8 Å². The Morgan fingerprint density at radius 1 is 1.32 bits per heavy atom. The van der Waals surface area contributed by atoms with Crippen molar-refractivity contribution in [2.75, 3.05) is 5.32 Å². The first-order valence-corrected chi connectivity index (χ1v) is 6.82. The number of rotatable bonds is 3. The Kier molecular flexibility index (Phi) is 4.32. The lowest BCUT2D eigenvalue weighted by molar-refractivity contribution is -0.115. The number of benzene rings is 1. The minimum absolute atomic E-state index is 0.0636. The van der Waals surface area contributed by atoms with Gasteiger partial charge in [-0.3, -0.25) is 9.78 Å². The highest BCUT2D eigenvalue weighted by atomic mass is 79.9. The number of aromatic nitrogens is 1. The normalized spacial score (nSPS) is 10.3. The molecule has 4 heteroatoms. The second-order valence-electron chi connectivity index (χ2n) is 4.48. The van der Waals surface area contributed by atoms with Crippen LogP contribution in [-0.2, 0) is 11.2 Å². The number of carbonyl (C=O) groups is 1. The number of aryl methyl sites for hydroxylation is 2. The van der Waals surface area contributed by atoms with Gasteiger partial charge in [-0.2, -0.15) is 0 Å². The first-order valence-electron chi connectivity index (χ1n) is 6.03. The molecule has 1 heterocycles. The van der Waals surface area contributed by atoms with Crippen molar-refractivity contribution >= 4 is 27.5 Å². The summed E-state index contributed by atoms with van der Waals surface area (Å²) in [5.41, 5.74) is 3.79. The van der Waals surface area contributed by atoms with E-state index >= 15 is 0 Å². The van der Waals surface area contributed by atoms with Gasteiger partial charge in [-0.05, 0) is 59.1 Å². The lowest BCUT2D eigenvalue weighted by Gasteiger charge is -2.11. The number of amides is 1. The molecule has 1 aromatic heterocycles. The maximum Gasteiger partial charge on any atom is 0.230 e. The molecular weight excluding hydrogens is 304 g/mol. The van der Waals surface area contributed by atoms with E-state index in [1.165, 1.54) is 0 Å². The van der Waals surface area contributed by atoms with Crippen molar-refractivity contribution in [2.45, 2.75) is 20.3 Å². The van der Waals surface area contributed by atoms with Crippen LogP contribution in [0.25, 0.3) is 0 Å². The fourth-order valence-electron chi connectivity index (χ4n) is 1.92. The second-order valence-corrected chi connectivity index (χ2v) is 5.34. The number of hydrogen-bond acceptors (Lipinski definition) is 2. The van der Waals surface area contributed by atoms with Crippen molar-refractivity contribution in [2.24, 2.45) is 0 Å². The van der Waals surface area contributed by atoms with E-state index in [2.05, 4.69) is 26.2 Å². The predicted molar refractivity (Wildman–Crippen MR) is 80.2 cm³/mol. The Bertz CT molecular complexity index is 573. The minimum atomic E-state index is -0.0636. The number of nitrogens with zero attached hydrogens (tertiary/aromatic N) is 1. The summed E-state index contributed by atoms with van der Waals surface area (Å²) < 4.78 is 0.902. The summed E-state index contributed by atoms with van der Waals surface area (Å²) >= 11 is 3.48. The number of anilines is 1. The number of pyridine rings is 1. The van der Waals surface area contributed by atoms with Crippen molar-refractivity contribution in [3.05, 3.63) is 57.8 Å². The lowest BCUT2D eigenvalue weighted by atomic mass is 10.1. The zero-order valence-corrected chi connectivity index (χ0v) is 12.5. The van der Waals surface area contributed by atoms with Crippen molar-refractivity contribution in [1.82, 2.24) is 4.98 Å². The van der Waals surface area contributed by atoms with E-state index in [0.717, 1.165) is 27.0 Å². The number of hydrogen-bond donors (Lipinski definition) is 1. The Morgan fingerprint density at radius 2 is 2.11 bits per heavy atom. The largest absolute Gasteiger partial charge is 0.325 e. The maximum absolute atomic E-state index is 12.0. The molecule has 0 unspecified atom stereocenters. The molecule has 3 nitrogen and oxygen atoms in total. The van der Waals surface area contributed by atoms with Gasteiger partial charge in [0.2, 0.25) is 5.91 Å². The van der Waals surface area contributed by atoms with Crippen molar-refractivity contribution in [1.29, 1.82) is 0 Å². The van der Waals surface area contributed by atoms with Crippen LogP contribution in [0.3, 0.4) is 0 Å². The predicted octanol–water partition coefficient (Wildman–Crippen LogP) is 3.64. The van der Waals surface area contributed by atoms with Crippen molar-refractivity contribution < 1.29 is 4.79 Å². The highest BCUT2D eigenvalue weighted by Crippen LogP contribution is 2.27. The highest BCUT2D eigenvalue weighted by molar-refractivity contribution is 9.10. The van der Waals surface area contributed by atoms with Gasteiger partial charge in [0, 0.05) is 16.4 Å². The SMILES string of the molecule is Cc1cc(C)c(NC(=O)Cc2ccccn2)c(Br)c1. The molecule has 0 spiro atoms. The summed E-state index contributed by atoms with van der Waals surface area (Å²) in [5.74, 6) is -0.0636. The standard InChI is InChI=1S/C15H15BrN2O/c1-10-7-11(2)15(13(16)8-10)18-14(19)9-12-5-3-4-6-17-12/h3-8H,9H2,1-2H3,(H,18,19). The van der Waals surface area contributed by atoms with Gasteiger partial charge >= 0.3 is 0 Å². The molecule has 0 saturated carbocycles. The van der Waals surface area contributed by atoms with Gasteiger partial charge in [0.25, 0.3) is 0 Å². The Labute approximate surface area is 121 Å². The van der Waals surface area contributed by atoms with Gasteiger partial charge in [0.05, 0.1) is 12.1 Å². The van der Waals surface area contributed by atoms with Crippen LogP contribution in [0.2, 0.25) is 0 Å². The molecule has 0 aliphatic carbocycles. The van der Waals surface area contributed by atoms with Gasteiger partial charge in [0.1, 0.15) is 0 Å². The van der Waals surface area contributed by atoms with Gasteiger partial charge in [-0.15, -0.1) is 0 Å². The molecule has 0 saturated heterocycles. The van der Waals surface area contributed by atoms with Crippen LogP contribution < -0.4 is 5.32 Å². The Hall–Kier alpha value is -1.68. The summed E-state index contributed by atoms with van der Waals surface area (Å²) in [6, 6.07) is 9.59. The topological polar surface area (TPSA) is 42.0 Å². The highest BCUT2D eigenvalue weighted by Gasteiger charge is 2.10. The molecule has 0 fully saturated rings. The second kappa shape index (κ2) is 5.97. The monoisotopic (exact) mass is 318 g/mol. The van der Waals surface area contributed by atoms with Gasteiger partial charge in [0.15, 0.2) is 0 Å². The molecule has 2 rings (SSSR count). The molecule has 19 heavy (non-hydrogen) atoms. The Morgan fingerprint density at radius 3 is 2.74 bits per heavy atom. The molecule has 0 aliphatic rings. The third-order valence-corrected chi connectivity index (χ3v) is 3.39. The molecule has 0 atom stereocenters. The summed E-state index contributed by atoms with van der Waals surface area (Å²) in [6.45, 7) is 4.01. The number of halogens is 1. The zero-order valence-electron chi connectivity index (χ0n) is 10.9. The zero-order chi connectivity index (χ0) is 13.8. The number of carbonyl (C=O) groups excluding carboxylic acids is 1. The number of nitrogens with one attached hydrogen (secondary N) is 1. The molecule has 2 aromatic rings. The van der Waals surface area contributed by atoms with Gasteiger partial charge < -0.3 is 5.32 Å². The molecule has 1 aromatic carbocycles. The molecule has 0 aliphatic heterocycles. The third kappa shape index (κ3) is 3.64. The van der Waals surface area contributed by atoms with Crippen LogP contribution in [-0.4, -0.2) is 10.9 Å². The average Bonchev–Trinajstić information content (AvgIpc) is 2.35. The average molecular weight is 319 g/mol. The van der Waals surface area contributed by atoms with Gasteiger partial charge in [-0.1, -0.05) is 12.1 Å². The smallest absolute Gasteiger partial charge is 0.230 e. The van der Waals surface area contributed by atoms with E-state index in [1.807, 2.05) is 44.2 Å². The molecular formula is C15H15BrN2O. The van der Waals surface area contributed by atoms with E-state index in [4.69, 9.17) is 0 Å². The van der Waals surface area contributed by atoms with Gasteiger partial charge in [-0.25, -0.2) is 0 Å². The fourth-order valence-corrected chi connectivity index (χ4v) is 2.70. The molecule has 1 N–H and O–H groups in total. The van der Waals surface area contributed by atoms with Crippen LogP contribution >= 0.6 is 15.9 Å². The van der Waals surface area contributed by atoms with E-state index in [1.54, 1.807) is 6.20 Å². The Balaban J connectivity index is 2.12. The first-order chi connectivity index (χ1) is 9.06. The van der Waals surface area contributed by atoms with Crippen LogP contribution in [0.5, 0.6) is 0 Å². The van der Waals surface area contributed by atoms with Crippen molar-refractivity contribution in [3.63, 3.8) is 0 Å². The first kappa shape index (κ1) is 13.7. The molecule has 98 valence electrons. The fraction of sp³-hybridized carbons (Fsp3) is 0.200. The lowest BCUT2D eigenvalue weighted by Crippen LogP contribution is -2.16. The summed E-state index contributed by atoms with van der Waals surface area (Å²) in [4.78, 5) is 16.1. The summed E-state index contributed by atoms with van der Waals surface area (Å²) in [5, 5.41) is 2.93. The van der Waals surface area contributed by atoms with Crippen LogP contribution in [0.1, 0.15) is 16.8 Å².